The first-order valence-electron chi connectivity index (χ1n) is 9.51. The van der Waals surface area contributed by atoms with Crippen molar-refractivity contribution in [3.8, 4) is 0 Å². The van der Waals surface area contributed by atoms with Gasteiger partial charge in [0.2, 0.25) is 11.8 Å². The molecular weight excluding hydrogens is 330 g/mol. The van der Waals surface area contributed by atoms with Gasteiger partial charge in [-0.3, -0.25) is 14.5 Å². The lowest BCUT2D eigenvalue weighted by Crippen LogP contribution is -2.57. The van der Waals surface area contributed by atoms with Gasteiger partial charge in [-0.25, -0.2) is 0 Å². The van der Waals surface area contributed by atoms with E-state index in [1.165, 1.54) is 11.1 Å². The molecule has 26 heavy (non-hydrogen) atoms. The molecule has 1 atom stereocenters. The molecule has 1 saturated carbocycles. The number of amides is 2. The van der Waals surface area contributed by atoms with Crippen molar-refractivity contribution in [1.29, 1.82) is 0 Å². The van der Waals surface area contributed by atoms with Gasteiger partial charge in [-0.05, 0) is 30.9 Å². The van der Waals surface area contributed by atoms with Gasteiger partial charge in [0.15, 0.2) is 0 Å². The van der Waals surface area contributed by atoms with Crippen LogP contribution in [0, 0.1) is 6.92 Å². The van der Waals surface area contributed by atoms with Crippen LogP contribution in [0.15, 0.2) is 24.3 Å². The molecule has 3 N–H and O–H groups in total. The summed E-state index contributed by atoms with van der Waals surface area (Å²) >= 11 is 0. The first-order chi connectivity index (χ1) is 12.5. The summed E-state index contributed by atoms with van der Waals surface area (Å²) in [5.41, 5.74) is 1.87. The molecule has 1 saturated heterocycles. The fourth-order valence-corrected chi connectivity index (χ4v) is 4.08. The third-order valence-corrected chi connectivity index (χ3v) is 5.72. The van der Waals surface area contributed by atoms with Gasteiger partial charge in [0.25, 0.3) is 0 Å². The number of benzene rings is 1. The number of rotatable bonds is 6. The number of aliphatic hydroxyl groups is 1. The van der Waals surface area contributed by atoms with Gasteiger partial charge in [-0.15, -0.1) is 0 Å². The average Bonchev–Trinajstić information content (AvgIpc) is 3.09. The quantitative estimate of drug-likeness (QED) is 0.711. The van der Waals surface area contributed by atoms with Crippen LogP contribution in [0.3, 0.4) is 0 Å². The second-order valence-electron chi connectivity index (χ2n) is 7.60. The number of nitrogens with one attached hydrogen (secondary N) is 2. The SMILES string of the molecule is Cc1ccccc1CN1CCNC(=O)C1CC(=O)NC1(CO)CCCC1. The number of carbonyl (C=O) groups is 2. The van der Waals surface area contributed by atoms with Gasteiger partial charge in [0.05, 0.1) is 24.6 Å². The molecule has 1 aromatic rings. The number of piperazine rings is 1. The monoisotopic (exact) mass is 359 g/mol. The van der Waals surface area contributed by atoms with Crippen LogP contribution in [0.4, 0.5) is 0 Å². The van der Waals surface area contributed by atoms with E-state index in [9.17, 15) is 14.7 Å². The van der Waals surface area contributed by atoms with Crippen molar-refractivity contribution >= 4 is 11.8 Å². The Morgan fingerprint density at radius 1 is 1.35 bits per heavy atom. The van der Waals surface area contributed by atoms with Gasteiger partial charge >= 0.3 is 0 Å². The summed E-state index contributed by atoms with van der Waals surface area (Å²) in [4.78, 5) is 27.1. The first-order valence-corrected chi connectivity index (χ1v) is 9.51. The summed E-state index contributed by atoms with van der Waals surface area (Å²) in [6, 6.07) is 7.66. The van der Waals surface area contributed by atoms with Crippen LogP contribution in [0.1, 0.15) is 43.2 Å². The van der Waals surface area contributed by atoms with Crippen LogP contribution in [-0.4, -0.2) is 53.1 Å². The number of carbonyl (C=O) groups excluding carboxylic acids is 2. The van der Waals surface area contributed by atoms with Crippen molar-refractivity contribution in [2.24, 2.45) is 0 Å². The van der Waals surface area contributed by atoms with Crippen LogP contribution in [0.5, 0.6) is 0 Å². The van der Waals surface area contributed by atoms with E-state index in [4.69, 9.17) is 0 Å². The molecule has 1 aliphatic heterocycles. The lowest BCUT2D eigenvalue weighted by atomic mass is 9.97. The molecule has 1 heterocycles. The fraction of sp³-hybridized carbons (Fsp3) is 0.600. The molecule has 1 aromatic carbocycles. The summed E-state index contributed by atoms with van der Waals surface area (Å²) in [5, 5.41) is 15.6. The number of nitrogens with zero attached hydrogens (tertiary/aromatic N) is 1. The third-order valence-electron chi connectivity index (χ3n) is 5.72. The Balaban J connectivity index is 1.67. The highest BCUT2D eigenvalue weighted by Gasteiger charge is 2.37. The number of hydrogen-bond donors (Lipinski definition) is 3. The topological polar surface area (TPSA) is 81.7 Å². The molecule has 0 bridgehead atoms. The zero-order chi connectivity index (χ0) is 18.6. The maximum Gasteiger partial charge on any atom is 0.237 e. The molecule has 2 amide bonds. The Hall–Kier alpha value is -1.92. The molecule has 142 valence electrons. The van der Waals surface area contributed by atoms with Crippen molar-refractivity contribution in [2.45, 2.75) is 57.2 Å². The van der Waals surface area contributed by atoms with Crippen LogP contribution in [0.2, 0.25) is 0 Å². The number of aryl methyl sites for hydroxylation is 1. The van der Waals surface area contributed by atoms with Crippen LogP contribution >= 0.6 is 0 Å². The van der Waals surface area contributed by atoms with Crippen molar-refractivity contribution in [2.75, 3.05) is 19.7 Å². The van der Waals surface area contributed by atoms with E-state index in [-0.39, 0.29) is 24.8 Å². The summed E-state index contributed by atoms with van der Waals surface area (Å²) in [5.74, 6) is -0.248. The Labute approximate surface area is 155 Å². The molecule has 0 radical (unpaired) electrons. The normalized spacial score (nSPS) is 22.8. The minimum atomic E-state index is -0.497. The first kappa shape index (κ1) is 18.9. The van der Waals surface area contributed by atoms with Gasteiger partial charge in [0, 0.05) is 19.6 Å². The number of aliphatic hydroxyl groups excluding tert-OH is 1. The molecule has 3 rings (SSSR count). The maximum atomic E-state index is 12.6. The van der Waals surface area contributed by atoms with E-state index in [2.05, 4.69) is 34.6 Å². The highest BCUT2D eigenvalue weighted by Crippen LogP contribution is 2.29. The van der Waals surface area contributed by atoms with Gasteiger partial charge in [-0.2, -0.15) is 0 Å². The van der Waals surface area contributed by atoms with Crippen LogP contribution in [0.25, 0.3) is 0 Å². The highest BCUT2D eigenvalue weighted by atomic mass is 16.3. The summed E-state index contributed by atoms with van der Waals surface area (Å²) < 4.78 is 0. The van der Waals surface area contributed by atoms with Crippen LogP contribution < -0.4 is 10.6 Å². The van der Waals surface area contributed by atoms with Crippen molar-refractivity contribution in [1.82, 2.24) is 15.5 Å². The van der Waals surface area contributed by atoms with Gasteiger partial charge in [0.1, 0.15) is 0 Å². The van der Waals surface area contributed by atoms with Crippen molar-refractivity contribution in [3.63, 3.8) is 0 Å². The molecular formula is C20H29N3O3. The molecule has 0 aromatic heterocycles. The largest absolute Gasteiger partial charge is 0.394 e. The standard InChI is InChI=1S/C20H29N3O3/c1-15-6-2-3-7-16(15)13-23-11-10-21-19(26)17(23)12-18(25)22-20(14-24)8-4-5-9-20/h2-3,6-7,17,24H,4-5,8-14H2,1H3,(H,21,26)(H,22,25). The van der Waals surface area contributed by atoms with E-state index in [1.807, 2.05) is 12.1 Å². The Morgan fingerprint density at radius 2 is 2.08 bits per heavy atom. The zero-order valence-corrected chi connectivity index (χ0v) is 15.5. The molecule has 2 aliphatic rings. The van der Waals surface area contributed by atoms with E-state index >= 15 is 0 Å². The summed E-state index contributed by atoms with van der Waals surface area (Å²) in [6.07, 6.45) is 3.77. The molecule has 1 unspecified atom stereocenters. The van der Waals surface area contributed by atoms with E-state index in [0.717, 1.165) is 32.2 Å². The van der Waals surface area contributed by atoms with Crippen LogP contribution in [-0.2, 0) is 16.1 Å². The van der Waals surface area contributed by atoms with Gasteiger partial charge < -0.3 is 15.7 Å². The smallest absolute Gasteiger partial charge is 0.237 e. The lowest BCUT2D eigenvalue weighted by Gasteiger charge is -2.36. The van der Waals surface area contributed by atoms with Crippen molar-refractivity contribution in [3.05, 3.63) is 35.4 Å². The highest BCUT2D eigenvalue weighted by molar-refractivity contribution is 5.89. The number of hydrogen-bond acceptors (Lipinski definition) is 4. The second kappa shape index (κ2) is 8.18. The molecule has 6 nitrogen and oxygen atoms in total. The summed E-state index contributed by atoms with van der Waals surface area (Å²) in [7, 11) is 0. The minimum Gasteiger partial charge on any atom is -0.394 e. The Morgan fingerprint density at radius 3 is 2.77 bits per heavy atom. The zero-order valence-electron chi connectivity index (χ0n) is 15.5. The minimum absolute atomic E-state index is 0.0392. The predicted octanol–water partition coefficient (Wildman–Crippen LogP) is 1.11. The molecule has 0 spiro atoms. The summed E-state index contributed by atoms with van der Waals surface area (Å²) in [6.45, 7) is 4.00. The maximum absolute atomic E-state index is 12.6. The van der Waals surface area contributed by atoms with Crippen molar-refractivity contribution < 1.29 is 14.7 Å². The van der Waals surface area contributed by atoms with Gasteiger partial charge in [-0.1, -0.05) is 37.1 Å². The molecule has 1 aliphatic carbocycles. The second-order valence-corrected chi connectivity index (χ2v) is 7.60. The predicted molar refractivity (Wildman–Crippen MR) is 99.4 cm³/mol. The van der Waals surface area contributed by atoms with E-state index in [1.54, 1.807) is 0 Å². The molecule has 2 fully saturated rings. The Kier molecular flexibility index (Phi) is 5.94. The average molecular weight is 359 g/mol. The third kappa shape index (κ3) is 4.24. The fourth-order valence-electron chi connectivity index (χ4n) is 4.08. The van der Waals surface area contributed by atoms with E-state index in [0.29, 0.717) is 13.1 Å². The molecule has 6 heteroatoms. The Bertz CT molecular complexity index is 655. The lowest BCUT2D eigenvalue weighted by molar-refractivity contribution is -0.135. The van der Waals surface area contributed by atoms with E-state index < -0.39 is 11.6 Å².